The van der Waals surface area contributed by atoms with E-state index in [1.165, 1.54) is 12.5 Å². The fraction of sp³-hybridized carbons (Fsp3) is 0.438. The minimum absolute atomic E-state index is 0.226. The molecule has 2 heterocycles. The van der Waals surface area contributed by atoms with Crippen molar-refractivity contribution >= 4 is 17.7 Å². The maximum atomic E-state index is 14.2. The number of fused-ring (bicyclic) bond motifs is 1. The topological polar surface area (TPSA) is 119 Å². The summed E-state index contributed by atoms with van der Waals surface area (Å²) in [6, 6.07) is 17.1. The Labute approximate surface area is 236 Å². The van der Waals surface area contributed by atoms with Crippen molar-refractivity contribution in [3.63, 3.8) is 0 Å². The summed E-state index contributed by atoms with van der Waals surface area (Å²) in [6.45, 7) is 11.6. The highest BCUT2D eigenvalue weighted by Gasteiger charge is 2.44. The Morgan fingerprint density at radius 1 is 1.10 bits per heavy atom. The molecule has 8 heteroatoms. The fourth-order valence-electron chi connectivity index (χ4n) is 5.90. The van der Waals surface area contributed by atoms with Crippen LogP contribution in [0.5, 0.6) is 0 Å². The van der Waals surface area contributed by atoms with Crippen molar-refractivity contribution in [1.82, 2.24) is 20.4 Å². The number of amides is 3. The summed E-state index contributed by atoms with van der Waals surface area (Å²) in [6.07, 6.45) is 2.66. The first-order valence-corrected chi connectivity index (χ1v) is 14.1. The van der Waals surface area contributed by atoms with E-state index in [1.54, 1.807) is 0 Å². The number of aryl methyl sites for hydroxylation is 2. The van der Waals surface area contributed by atoms with E-state index >= 15 is 0 Å². The molecule has 0 bridgehead atoms. The lowest BCUT2D eigenvalue weighted by Gasteiger charge is -2.38. The van der Waals surface area contributed by atoms with Crippen LogP contribution in [0.3, 0.4) is 0 Å². The summed E-state index contributed by atoms with van der Waals surface area (Å²) in [4.78, 5) is 39.8. The highest BCUT2D eigenvalue weighted by atomic mass is 16.2. The SMILES string of the molecule is CCc1ccc([C@@](CC)(NC(=O)c2c(C)nn3c2C[C@H](c2ccccc2)CC3(C)C)C(=O)NC(C)C(N)=O)cc1. The third-order valence-electron chi connectivity index (χ3n) is 8.29. The van der Waals surface area contributed by atoms with E-state index in [9.17, 15) is 14.4 Å². The highest BCUT2D eigenvalue weighted by molar-refractivity contribution is 6.02. The molecule has 212 valence electrons. The van der Waals surface area contributed by atoms with Gasteiger partial charge >= 0.3 is 0 Å². The summed E-state index contributed by atoms with van der Waals surface area (Å²) >= 11 is 0. The molecule has 0 aliphatic carbocycles. The number of nitrogens with two attached hydrogens (primary N) is 1. The molecule has 0 spiro atoms. The summed E-state index contributed by atoms with van der Waals surface area (Å²) in [5, 5.41) is 10.6. The molecule has 1 aliphatic heterocycles. The van der Waals surface area contributed by atoms with Gasteiger partial charge in [0, 0.05) is 0 Å². The van der Waals surface area contributed by atoms with Gasteiger partial charge in [-0.2, -0.15) is 5.10 Å². The Morgan fingerprint density at radius 3 is 2.33 bits per heavy atom. The van der Waals surface area contributed by atoms with Crippen LogP contribution >= 0.6 is 0 Å². The van der Waals surface area contributed by atoms with E-state index in [4.69, 9.17) is 10.8 Å². The van der Waals surface area contributed by atoms with Gasteiger partial charge in [-0.25, -0.2) is 0 Å². The Balaban J connectivity index is 1.77. The van der Waals surface area contributed by atoms with Crippen LogP contribution in [0.25, 0.3) is 0 Å². The monoisotopic (exact) mass is 543 g/mol. The zero-order valence-electron chi connectivity index (χ0n) is 24.4. The van der Waals surface area contributed by atoms with E-state index in [0.717, 1.165) is 24.1 Å². The third-order valence-corrected chi connectivity index (χ3v) is 8.29. The molecule has 40 heavy (non-hydrogen) atoms. The van der Waals surface area contributed by atoms with Gasteiger partial charge in [0.2, 0.25) is 5.91 Å². The largest absolute Gasteiger partial charge is 0.368 e. The standard InChI is InChI=1S/C32H41N5O3/c1-7-22-14-16-25(17-15-22)32(8-2,30(40)34-21(4)28(33)38)35-29(39)27-20(3)36-37-26(27)18-24(19-31(37,5)6)23-12-10-9-11-13-23/h9-17,21,24H,7-8,18-19H2,1-6H3,(H2,33,38)(H,34,40)(H,35,39)/t21?,24-,32+/m0/s1. The molecule has 4 rings (SSSR count). The first-order chi connectivity index (χ1) is 18.9. The second-order valence-corrected chi connectivity index (χ2v) is 11.5. The normalized spacial score (nSPS) is 18.2. The Bertz CT molecular complexity index is 1390. The molecule has 0 radical (unpaired) electrons. The van der Waals surface area contributed by atoms with E-state index < -0.39 is 23.4 Å². The lowest BCUT2D eigenvalue weighted by molar-refractivity contribution is -0.131. The van der Waals surface area contributed by atoms with E-state index in [-0.39, 0.29) is 23.8 Å². The maximum Gasteiger partial charge on any atom is 0.256 e. The van der Waals surface area contributed by atoms with Crippen LogP contribution in [0, 0.1) is 6.92 Å². The maximum absolute atomic E-state index is 14.2. The van der Waals surface area contributed by atoms with Gasteiger partial charge in [-0.3, -0.25) is 19.1 Å². The molecule has 3 aromatic rings. The van der Waals surface area contributed by atoms with Gasteiger partial charge in [-0.05, 0) is 76.0 Å². The van der Waals surface area contributed by atoms with Crippen molar-refractivity contribution in [2.24, 2.45) is 5.73 Å². The predicted molar refractivity (Wildman–Crippen MR) is 156 cm³/mol. The van der Waals surface area contributed by atoms with Crippen molar-refractivity contribution in [2.45, 2.75) is 90.3 Å². The van der Waals surface area contributed by atoms with Gasteiger partial charge in [0.25, 0.3) is 11.8 Å². The first-order valence-electron chi connectivity index (χ1n) is 14.1. The molecule has 1 aliphatic rings. The molecule has 1 aromatic heterocycles. The van der Waals surface area contributed by atoms with Crippen LogP contribution in [0.1, 0.15) is 91.8 Å². The van der Waals surface area contributed by atoms with Crippen LogP contribution in [-0.4, -0.2) is 33.5 Å². The molecule has 0 saturated carbocycles. The number of aromatic nitrogens is 2. The van der Waals surface area contributed by atoms with Gasteiger partial charge in [0.1, 0.15) is 11.6 Å². The molecule has 0 fully saturated rings. The van der Waals surface area contributed by atoms with Crippen molar-refractivity contribution < 1.29 is 14.4 Å². The first kappa shape index (κ1) is 29.1. The van der Waals surface area contributed by atoms with Crippen LogP contribution in [-0.2, 0) is 33.5 Å². The zero-order valence-corrected chi connectivity index (χ0v) is 24.4. The van der Waals surface area contributed by atoms with Gasteiger partial charge in [0.05, 0.1) is 22.5 Å². The van der Waals surface area contributed by atoms with Crippen LogP contribution < -0.4 is 16.4 Å². The predicted octanol–water partition coefficient (Wildman–Crippen LogP) is 4.24. The van der Waals surface area contributed by atoms with E-state index in [1.807, 2.05) is 61.0 Å². The molecule has 3 atom stereocenters. The smallest absolute Gasteiger partial charge is 0.256 e. The van der Waals surface area contributed by atoms with Crippen molar-refractivity contribution in [3.8, 4) is 0 Å². The number of nitrogens with zero attached hydrogens (tertiary/aromatic N) is 2. The number of carbonyl (C=O) groups excluding carboxylic acids is 3. The summed E-state index contributed by atoms with van der Waals surface area (Å²) in [7, 11) is 0. The molecular weight excluding hydrogens is 502 g/mol. The molecule has 4 N–H and O–H groups in total. The van der Waals surface area contributed by atoms with Crippen molar-refractivity contribution in [3.05, 3.63) is 88.2 Å². The van der Waals surface area contributed by atoms with Crippen molar-refractivity contribution in [1.29, 1.82) is 0 Å². The van der Waals surface area contributed by atoms with Gasteiger partial charge < -0.3 is 16.4 Å². The molecule has 1 unspecified atom stereocenters. The second-order valence-electron chi connectivity index (χ2n) is 11.5. The Morgan fingerprint density at radius 2 is 1.75 bits per heavy atom. The lowest BCUT2D eigenvalue weighted by atomic mass is 9.79. The number of primary amides is 1. The number of hydrogen-bond donors (Lipinski definition) is 3. The summed E-state index contributed by atoms with van der Waals surface area (Å²) in [5.74, 6) is -1.28. The minimum atomic E-state index is -1.42. The van der Waals surface area contributed by atoms with Crippen LogP contribution in [0.4, 0.5) is 0 Å². The average molecular weight is 544 g/mol. The molecule has 3 amide bonds. The fourth-order valence-corrected chi connectivity index (χ4v) is 5.90. The van der Waals surface area contributed by atoms with E-state index in [2.05, 4.69) is 43.5 Å². The number of benzene rings is 2. The van der Waals surface area contributed by atoms with Gasteiger partial charge in [-0.15, -0.1) is 0 Å². The Hall–Kier alpha value is -3.94. The number of carbonyl (C=O) groups is 3. The quantitative estimate of drug-likeness (QED) is 0.374. The summed E-state index contributed by atoms with van der Waals surface area (Å²) in [5.41, 5.74) is 8.68. The van der Waals surface area contributed by atoms with E-state index in [0.29, 0.717) is 23.2 Å². The zero-order chi connectivity index (χ0) is 29.2. The molecule has 0 saturated heterocycles. The van der Waals surface area contributed by atoms with Gasteiger partial charge in [0.15, 0.2) is 0 Å². The number of hydrogen-bond acceptors (Lipinski definition) is 4. The second kappa shape index (κ2) is 11.3. The lowest BCUT2D eigenvalue weighted by Crippen LogP contribution is -2.59. The van der Waals surface area contributed by atoms with Crippen LogP contribution in [0.15, 0.2) is 54.6 Å². The summed E-state index contributed by atoms with van der Waals surface area (Å²) < 4.78 is 1.98. The van der Waals surface area contributed by atoms with Gasteiger partial charge in [-0.1, -0.05) is 68.4 Å². The van der Waals surface area contributed by atoms with Crippen molar-refractivity contribution in [2.75, 3.05) is 0 Å². The number of rotatable bonds is 9. The average Bonchev–Trinajstić information content (AvgIpc) is 3.28. The molecule has 2 aromatic carbocycles. The molecular formula is C32H41N5O3. The number of nitrogens with one attached hydrogen (secondary N) is 2. The Kier molecular flexibility index (Phi) is 8.19. The third kappa shape index (κ3) is 5.40. The molecule has 8 nitrogen and oxygen atoms in total. The van der Waals surface area contributed by atoms with Crippen LogP contribution in [0.2, 0.25) is 0 Å². The highest BCUT2D eigenvalue weighted by Crippen LogP contribution is 2.41. The minimum Gasteiger partial charge on any atom is -0.368 e.